The lowest BCUT2D eigenvalue weighted by molar-refractivity contribution is -0.0687. The summed E-state index contributed by atoms with van der Waals surface area (Å²) in [6.07, 6.45) is 1.22. The van der Waals surface area contributed by atoms with E-state index in [2.05, 4.69) is 10.6 Å². The van der Waals surface area contributed by atoms with Gasteiger partial charge in [-0.05, 0) is 56.3 Å². The zero-order valence-corrected chi connectivity index (χ0v) is 18.5. The van der Waals surface area contributed by atoms with Gasteiger partial charge in [0.05, 0.1) is 7.11 Å². The number of methoxy groups -OCH3 is 1. The third-order valence-electron chi connectivity index (χ3n) is 4.31. The number of hydrogen-bond acceptors (Lipinski definition) is 6. The van der Waals surface area contributed by atoms with E-state index in [1.54, 1.807) is 7.11 Å². The molecule has 0 radical (unpaired) electrons. The largest absolute Gasteiger partial charge is 0.497 e. The van der Waals surface area contributed by atoms with Crippen LogP contribution in [0.4, 0.5) is 0 Å². The van der Waals surface area contributed by atoms with Gasteiger partial charge in [-0.2, -0.15) is 0 Å². The van der Waals surface area contributed by atoms with E-state index in [1.165, 1.54) is 5.56 Å². The smallest absolute Gasteiger partial charge is 0.471 e. The fraction of sp³-hybridized carbons (Fsp3) is 0.429. The van der Waals surface area contributed by atoms with Crippen LogP contribution >= 0.6 is 7.82 Å². The van der Waals surface area contributed by atoms with Crippen molar-refractivity contribution in [3.05, 3.63) is 59.7 Å². The fourth-order valence-corrected chi connectivity index (χ4v) is 3.10. The predicted octanol–water partition coefficient (Wildman–Crippen LogP) is 2.87. The Hall–Kier alpha value is -1.93. The summed E-state index contributed by atoms with van der Waals surface area (Å²) >= 11 is 0. The lowest BCUT2D eigenvalue weighted by Crippen LogP contribution is -2.34. The van der Waals surface area contributed by atoms with Gasteiger partial charge in [-0.15, -0.1) is 0 Å². The van der Waals surface area contributed by atoms with Crippen molar-refractivity contribution in [3.8, 4) is 11.5 Å². The van der Waals surface area contributed by atoms with Gasteiger partial charge in [0, 0.05) is 6.54 Å². The average molecular weight is 439 g/mol. The topological polar surface area (TPSA) is 97.7 Å². The quantitative estimate of drug-likeness (QED) is 0.363. The van der Waals surface area contributed by atoms with Crippen LogP contribution in [0.1, 0.15) is 11.1 Å². The van der Waals surface area contributed by atoms with Gasteiger partial charge in [0.25, 0.3) is 0 Å². The monoisotopic (exact) mass is 439 g/mol. The number of ether oxygens (including phenoxy) is 3. The van der Waals surface area contributed by atoms with Gasteiger partial charge < -0.3 is 28.9 Å². The highest BCUT2D eigenvalue weighted by Gasteiger charge is 2.18. The first-order chi connectivity index (χ1) is 14.3. The Morgan fingerprint density at radius 2 is 1.83 bits per heavy atom. The Balaban J connectivity index is 1.96. The Morgan fingerprint density at radius 3 is 2.53 bits per heavy atom. The maximum Gasteiger partial charge on any atom is 0.471 e. The number of aryl methyl sites for hydroxylation is 2. The molecule has 2 rings (SSSR count). The molecule has 0 bridgehead atoms. The maximum atomic E-state index is 10.8. The number of para-hydroxylation sites is 1. The highest BCUT2D eigenvalue weighted by Crippen LogP contribution is 2.35. The molecule has 0 aliphatic carbocycles. The number of rotatable bonds is 13. The molecule has 8 nitrogen and oxygen atoms in total. The molecule has 166 valence electrons. The minimum Gasteiger partial charge on any atom is -0.497 e. The summed E-state index contributed by atoms with van der Waals surface area (Å²) < 4.78 is 31.9. The van der Waals surface area contributed by atoms with Gasteiger partial charge >= 0.3 is 7.82 Å². The zero-order valence-electron chi connectivity index (χ0n) is 17.6. The molecule has 2 aromatic carbocycles. The standard InChI is InChI=1S/C21H30NO7P/c1-22(2)14-20(28-16-29-30(23,24)25)15-27-21-10-5-4-8-18(21)12-11-17-7-6-9-19(13-17)26-3/h4-10,13,20H,11-12,14-16H2,1-3H3,(H2,23,24,25). The van der Waals surface area contributed by atoms with Crippen LogP contribution in [0, 0.1) is 0 Å². The number of phosphoric acid groups is 1. The van der Waals surface area contributed by atoms with E-state index in [-0.39, 0.29) is 6.61 Å². The van der Waals surface area contributed by atoms with Crippen LogP contribution in [-0.4, -0.2) is 61.9 Å². The molecule has 0 spiro atoms. The Bertz CT molecular complexity index is 825. The molecule has 2 N–H and O–H groups in total. The van der Waals surface area contributed by atoms with Crippen LogP contribution in [0.5, 0.6) is 11.5 Å². The fourth-order valence-electron chi connectivity index (χ4n) is 2.90. The summed E-state index contributed by atoms with van der Waals surface area (Å²) in [7, 11) is 0.833. The maximum absolute atomic E-state index is 10.8. The van der Waals surface area contributed by atoms with E-state index < -0.39 is 20.7 Å². The van der Waals surface area contributed by atoms with E-state index >= 15 is 0 Å². The average Bonchev–Trinajstić information content (AvgIpc) is 2.69. The highest BCUT2D eigenvalue weighted by molar-refractivity contribution is 7.46. The van der Waals surface area contributed by atoms with Crippen LogP contribution in [0.25, 0.3) is 0 Å². The molecule has 2 aromatic rings. The van der Waals surface area contributed by atoms with Crippen LogP contribution in [0.15, 0.2) is 48.5 Å². The van der Waals surface area contributed by atoms with E-state index in [0.29, 0.717) is 6.54 Å². The summed E-state index contributed by atoms with van der Waals surface area (Å²) in [5.41, 5.74) is 2.24. The SMILES string of the molecule is COc1cccc(CCc2ccccc2OCC(CN(C)C)OCOP(=O)(O)O)c1. The molecule has 0 aliphatic rings. The first-order valence-electron chi connectivity index (χ1n) is 9.57. The summed E-state index contributed by atoms with van der Waals surface area (Å²) in [6.45, 7) is 0.221. The minimum absolute atomic E-state index is 0.221. The van der Waals surface area contributed by atoms with Gasteiger partial charge in [0.15, 0.2) is 6.79 Å². The van der Waals surface area contributed by atoms with Gasteiger partial charge in [-0.25, -0.2) is 4.57 Å². The van der Waals surface area contributed by atoms with Gasteiger partial charge in [0.1, 0.15) is 24.2 Å². The third-order valence-corrected chi connectivity index (χ3v) is 4.75. The predicted molar refractivity (Wildman–Crippen MR) is 114 cm³/mol. The van der Waals surface area contributed by atoms with Crippen LogP contribution in [0.2, 0.25) is 0 Å². The molecule has 1 atom stereocenters. The summed E-state index contributed by atoms with van der Waals surface area (Å²) in [4.78, 5) is 19.5. The summed E-state index contributed by atoms with van der Waals surface area (Å²) in [5.74, 6) is 1.59. The van der Waals surface area contributed by atoms with Crippen LogP contribution < -0.4 is 9.47 Å². The molecule has 0 saturated carbocycles. The lowest BCUT2D eigenvalue weighted by Gasteiger charge is -2.22. The van der Waals surface area contributed by atoms with Crippen molar-refractivity contribution in [1.82, 2.24) is 4.90 Å². The second kappa shape index (κ2) is 12.1. The molecular weight excluding hydrogens is 409 g/mol. The number of hydrogen-bond donors (Lipinski definition) is 2. The minimum atomic E-state index is -4.57. The molecule has 0 aromatic heterocycles. The molecule has 0 aliphatic heterocycles. The van der Waals surface area contributed by atoms with Crippen molar-refractivity contribution in [3.63, 3.8) is 0 Å². The normalized spacial score (nSPS) is 12.7. The van der Waals surface area contributed by atoms with Crippen molar-refractivity contribution >= 4 is 7.82 Å². The summed E-state index contributed by atoms with van der Waals surface area (Å²) in [5, 5.41) is 0. The van der Waals surface area contributed by atoms with Gasteiger partial charge in [-0.3, -0.25) is 4.52 Å². The Morgan fingerprint density at radius 1 is 1.07 bits per heavy atom. The van der Waals surface area contributed by atoms with Gasteiger partial charge in [0.2, 0.25) is 0 Å². The first kappa shape index (κ1) is 24.3. The number of benzene rings is 2. The van der Waals surface area contributed by atoms with E-state index in [9.17, 15) is 4.57 Å². The van der Waals surface area contributed by atoms with Crippen molar-refractivity contribution in [1.29, 1.82) is 0 Å². The van der Waals surface area contributed by atoms with Crippen molar-refractivity contribution < 1.29 is 33.1 Å². The molecular formula is C21H30NO7P. The van der Waals surface area contributed by atoms with E-state index in [1.807, 2.05) is 61.5 Å². The highest BCUT2D eigenvalue weighted by atomic mass is 31.2. The molecule has 0 heterocycles. The van der Waals surface area contributed by atoms with Gasteiger partial charge in [-0.1, -0.05) is 30.3 Å². The second-order valence-corrected chi connectivity index (χ2v) is 8.30. The first-order valence-corrected chi connectivity index (χ1v) is 11.1. The Labute approximate surface area is 177 Å². The molecule has 9 heteroatoms. The second-order valence-electron chi connectivity index (χ2n) is 7.06. The molecule has 30 heavy (non-hydrogen) atoms. The molecule has 0 saturated heterocycles. The molecule has 0 amide bonds. The van der Waals surface area contributed by atoms with Crippen molar-refractivity contribution in [2.24, 2.45) is 0 Å². The molecule has 0 fully saturated rings. The van der Waals surface area contributed by atoms with Crippen LogP contribution in [-0.2, 0) is 26.7 Å². The Kier molecular flexibility index (Phi) is 9.78. The number of nitrogens with zero attached hydrogens (tertiary/aromatic N) is 1. The van der Waals surface area contributed by atoms with E-state index in [4.69, 9.17) is 24.0 Å². The van der Waals surface area contributed by atoms with E-state index in [0.717, 1.165) is 29.9 Å². The summed E-state index contributed by atoms with van der Waals surface area (Å²) in [6, 6.07) is 15.8. The van der Waals surface area contributed by atoms with Crippen molar-refractivity contribution in [2.45, 2.75) is 18.9 Å². The molecule has 1 unspecified atom stereocenters. The number of likely N-dealkylation sites (N-methyl/N-ethyl adjacent to an activating group) is 1. The zero-order chi connectivity index (χ0) is 22.0. The van der Waals surface area contributed by atoms with Crippen molar-refractivity contribution in [2.75, 3.05) is 41.1 Å². The number of phosphoric ester groups is 1. The lowest BCUT2D eigenvalue weighted by atomic mass is 10.0. The van der Waals surface area contributed by atoms with Crippen LogP contribution in [0.3, 0.4) is 0 Å². The third kappa shape index (κ3) is 9.26.